The molecular weight excluding hydrogens is 150 g/mol. The third-order valence-electron chi connectivity index (χ3n) is 1.33. The minimum Gasteiger partial charge on any atom is -0.325 e. The molecule has 0 saturated carbocycles. The van der Waals surface area contributed by atoms with Crippen LogP contribution < -0.4 is 11.5 Å². The van der Waals surface area contributed by atoms with E-state index < -0.39 is 0 Å². The van der Waals surface area contributed by atoms with Crippen molar-refractivity contribution >= 4 is 0 Å². The van der Waals surface area contributed by atoms with Crippen molar-refractivity contribution in [3.63, 3.8) is 0 Å². The van der Waals surface area contributed by atoms with Crippen molar-refractivity contribution in [2.75, 3.05) is 6.54 Å². The van der Waals surface area contributed by atoms with E-state index in [-0.39, 0.29) is 0 Å². The number of hydrogen-bond donors (Lipinski definition) is 2. The first-order valence-corrected chi connectivity index (χ1v) is 3.71. The van der Waals surface area contributed by atoms with E-state index >= 15 is 0 Å². The van der Waals surface area contributed by atoms with Gasteiger partial charge >= 0.3 is 0 Å². The van der Waals surface area contributed by atoms with Gasteiger partial charge in [0.25, 0.3) is 0 Å². The third-order valence-corrected chi connectivity index (χ3v) is 1.33. The molecule has 12 heavy (non-hydrogen) atoms. The van der Waals surface area contributed by atoms with Gasteiger partial charge in [-0.15, -0.1) is 0 Å². The molecule has 1 aromatic rings. The van der Waals surface area contributed by atoms with Gasteiger partial charge in [0.2, 0.25) is 0 Å². The van der Waals surface area contributed by atoms with E-state index in [1.54, 1.807) is 0 Å². The van der Waals surface area contributed by atoms with Crippen LogP contribution >= 0.6 is 0 Å². The zero-order valence-electron chi connectivity index (χ0n) is 6.75. The van der Waals surface area contributed by atoms with Gasteiger partial charge in [-0.3, -0.25) is 0 Å². The van der Waals surface area contributed by atoms with Gasteiger partial charge in [0, 0.05) is 6.54 Å². The lowest BCUT2D eigenvalue weighted by Crippen LogP contribution is -2.00. The fourth-order valence-electron chi connectivity index (χ4n) is 0.804. The largest absolute Gasteiger partial charge is 0.325 e. The third kappa shape index (κ3) is 2.35. The van der Waals surface area contributed by atoms with Gasteiger partial charge in [-0.2, -0.15) is 0 Å². The van der Waals surface area contributed by atoms with Gasteiger partial charge in [-0.05, 0) is 18.1 Å². The van der Waals surface area contributed by atoms with Crippen molar-refractivity contribution in [1.82, 2.24) is 4.98 Å². The highest BCUT2D eigenvalue weighted by Gasteiger charge is 1.90. The minimum atomic E-state index is 0.356. The maximum Gasteiger partial charge on any atom is 0.113 e. The Morgan fingerprint density at radius 3 is 2.83 bits per heavy atom. The molecular formula is C9H11N3. The van der Waals surface area contributed by atoms with Crippen LogP contribution in [0.2, 0.25) is 0 Å². The minimum absolute atomic E-state index is 0.356. The van der Waals surface area contributed by atoms with Gasteiger partial charge in [0.15, 0.2) is 0 Å². The van der Waals surface area contributed by atoms with Crippen molar-refractivity contribution in [3.8, 4) is 11.8 Å². The molecule has 0 atom stereocenters. The highest BCUT2D eigenvalue weighted by atomic mass is 14.7. The molecule has 0 saturated heterocycles. The molecule has 1 rings (SSSR count). The average molecular weight is 161 g/mol. The molecule has 3 heteroatoms. The monoisotopic (exact) mass is 161 g/mol. The molecule has 3 nitrogen and oxygen atoms in total. The summed E-state index contributed by atoms with van der Waals surface area (Å²) in [5.74, 6) is 5.57. The van der Waals surface area contributed by atoms with Gasteiger partial charge in [-0.1, -0.05) is 12.0 Å². The predicted molar refractivity (Wildman–Crippen MR) is 48.1 cm³/mol. The summed E-state index contributed by atoms with van der Waals surface area (Å²) in [5.41, 5.74) is 12.2. The van der Waals surface area contributed by atoms with E-state index in [1.807, 2.05) is 18.2 Å². The molecule has 0 bridgehead atoms. The Labute approximate surface area is 71.8 Å². The normalized spacial score (nSPS) is 8.83. The second-order valence-electron chi connectivity index (χ2n) is 2.22. The summed E-state index contributed by atoms with van der Waals surface area (Å²) in [5, 5.41) is 0. The summed E-state index contributed by atoms with van der Waals surface area (Å²) >= 11 is 0. The Morgan fingerprint density at radius 1 is 1.33 bits per heavy atom. The molecule has 1 heterocycles. The Balaban J connectivity index is 2.86. The van der Waals surface area contributed by atoms with E-state index in [2.05, 4.69) is 16.8 Å². The topological polar surface area (TPSA) is 64.9 Å². The molecule has 0 fully saturated rings. The van der Waals surface area contributed by atoms with Gasteiger partial charge < -0.3 is 11.5 Å². The van der Waals surface area contributed by atoms with Crippen LogP contribution in [0.25, 0.3) is 0 Å². The second kappa shape index (κ2) is 4.50. The second-order valence-corrected chi connectivity index (χ2v) is 2.22. The van der Waals surface area contributed by atoms with E-state index in [9.17, 15) is 0 Å². The quantitative estimate of drug-likeness (QED) is 0.563. The van der Waals surface area contributed by atoms with Crippen LogP contribution in [-0.4, -0.2) is 11.5 Å². The van der Waals surface area contributed by atoms with Crippen LogP contribution in [0, 0.1) is 11.8 Å². The zero-order valence-corrected chi connectivity index (χ0v) is 6.75. The lowest BCUT2D eigenvalue weighted by atomic mass is 10.3. The molecule has 0 aliphatic rings. The lowest BCUT2D eigenvalue weighted by Gasteiger charge is -1.94. The molecule has 62 valence electrons. The van der Waals surface area contributed by atoms with Crippen LogP contribution in [0.15, 0.2) is 18.2 Å². The summed E-state index contributed by atoms with van der Waals surface area (Å²) in [6, 6.07) is 5.59. The van der Waals surface area contributed by atoms with Gasteiger partial charge in [0.1, 0.15) is 5.69 Å². The summed E-state index contributed by atoms with van der Waals surface area (Å²) in [6.45, 7) is 0.798. The van der Waals surface area contributed by atoms with Crippen LogP contribution in [-0.2, 0) is 6.54 Å². The predicted octanol–water partition coefficient (Wildman–Crippen LogP) is -0.149. The van der Waals surface area contributed by atoms with Crippen molar-refractivity contribution in [3.05, 3.63) is 29.6 Å². The fraction of sp³-hybridized carbons (Fsp3) is 0.222. The van der Waals surface area contributed by atoms with Crippen LogP contribution in [0.3, 0.4) is 0 Å². The number of pyridine rings is 1. The van der Waals surface area contributed by atoms with E-state index in [0.717, 1.165) is 11.4 Å². The molecule has 0 aliphatic carbocycles. The van der Waals surface area contributed by atoms with Gasteiger partial charge in [0.05, 0.1) is 12.2 Å². The standard InChI is InChI=1S/C9H11N3/c10-6-2-5-8-3-1-4-9(7-11)12-8/h1,3-4H,6-7,10-11H2. The number of aromatic nitrogens is 1. The van der Waals surface area contributed by atoms with E-state index in [4.69, 9.17) is 11.5 Å². The van der Waals surface area contributed by atoms with Crippen LogP contribution in [0.4, 0.5) is 0 Å². The number of nitrogens with zero attached hydrogens (tertiary/aromatic N) is 1. The van der Waals surface area contributed by atoms with Crippen molar-refractivity contribution in [1.29, 1.82) is 0 Å². The molecule has 1 aromatic heterocycles. The number of rotatable bonds is 1. The molecule has 0 aliphatic heterocycles. The molecule has 4 N–H and O–H groups in total. The van der Waals surface area contributed by atoms with Crippen molar-refractivity contribution < 1.29 is 0 Å². The zero-order chi connectivity index (χ0) is 8.81. The summed E-state index contributed by atoms with van der Waals surface area (Å²) in [6.07, 6.45) is 0. The number of nitrogens with two attached hydrogens (primary N) is 2. The molecule has 0 unspecified atom stereocenters. The Morgan fingerprint density at radius 2 is 2.17 bits per heavy atom. The summed E-state index contributed by atoms with van der Waals surface area (Å²) in [7, 11) is 0. The van der Waals surface area contributed by atoms with Crippen molar-refractivity contribution in [2.24, 2.45) is 11.5 Å². The Kier molecular flexibility index (Phi) is 3.27. The van der Waals surface area contributed by atoms with Crippen LogP contribution in [0.5, 0.6) is 0 Å². The Hall–Kier alpha value is -1.37. The first kappa shape index (κ1) is 8.72. The molecule has 0 radical (unpaired) electrons. The van der Waals surface area contributed by atoms with E-state index in [0.29, 0.717) is 13.1 Å². The summed E-state index contributed by atoms with van der Waals surface area (Å²) in [4.78, 5) is 4.17. The fourth-order valence-corrected chi connectivity index (χ4v) is 0.804. The van der Waals surface area contributed by atoms with Crippen LogP contribution in [0.1, 0.15) is 11.4 Å². The molecule has 0 spiro atoms. The highest BCUT2D eigenvalue weighted by molar-refractivity contribution is 5.28. The number of hydrogen-bond acceptors (Lipinski definition) is 3. The SMILES string of the molecule is NCC#Cc1cccc(CN)n1. The Bertz CT molecular complexity index is 309. The lowest BCUT2D eigenvalue weighted by molar-refractivity contribution is 0.984. The summed E-state index contributed by atoms with van der Waals surface area (Å²) < 4.78 is 0. The first-order valence-electron chi connectivity index (χ1n) is 3.71. The molecule has 0 amide bonds. The van der Waals surface area contributed by atoms with E-state index in [1.165, 1.54) is 0 Å². The smallest absolute Gasteiger partial charge is 0.113 e. The maximum atomic E-state index is 5.41. The van der Waals surface area contributed by atoms with Crippen molar-refractivity contribution in [2.45, 2.75) is 6.54 Å². The molecule has 0 aromatic carbocycles. The van der Waals surface area contributed by atoms with Gasteiger partial charge in [-0.25, -0.2) is 4.98 Å². The maximum absolute atomic E-state index is 5.41. The first-order chi connectivity index (χ1) is 5.86. The average Bonchev–Trinajstić information content (AvgIpc) is 2.15. The highest BCUT2D eigenvalue weighted by Crippen LogP contribution is 1.96.